The average Bonchev–Trinajstić information content (AvgIpc) is 3.06. The average molecular weight is 474 g/mol. The molecule has 9 heteroatoms. The minimum atomic E-state index is -1.11. The number of rotatable bonds is 4. The number of aromatic nitrogens is 4. The molecule has 0 fully saturated rings. The van der Waals surface area contributed by atoms with Crippen molar-refractivity contribution in [1.82, 2.24) is 18.7 Å². The second-order valence-electron chi connectivity index (χ2n) is 9.31. The molecule has 0 atom stereocenters. The molecule has 0 saturated heterocycles. The third-order valence-electron chi connectivity index (χ3n) is 6.78. The number of carbonyl (C=O) groups is 1. The summed E-state index contributed by atoms with van der Waals surface area (Å²) in [6.07, 6.45) is 4.94. The van der Waals surface area contributed by atoms with Crippen molar-refractivity contribution in [2.75, 3.05) is 11.4 Å². The molecule has 0 unspecified atom stereocenters. The highest BCUT2D eigenvalue weighted by Gasteiger charge is 2.24. The molecule has 0 aliphatic carbocycles. The highest BCUT2D eigenvalue weighted by molar-refractivity contribution is 5.87. The Morgan fingerprint density at radius 2 is 1.83 bits per heavy atom. The largest absolute Gasteiger partial charge is 0.477 e. The van der Waals surface area contributed by atoms with Crippen LogP contribution in [-0.2, 0) is 20.5 Å². The minimum Gasteiger partial charge on any atom is -0.477 e. The van der Waals surface area contributed by atoms with Gasteiger partial charge in [-0.25, -0.2) is 14.6 Å². The molecule has 35 heavy (non-hydrogen) atoms. The van der Waals surface area contributed by atoms with Gasteiger partial charge in [0.15, 0.2) is 0 Å². The predicted octanol–water partition coefficient (Wildman–Crippen LogP) is 3.33. The molecule has 0 amide bonds. The lowest BCUT2D eigenvalue weighted by Crippen LogP contribution is -2.29. The summed E-state index contributed by atoms with van der Waals surface area (Å²) < 4.78 is 4.87. The van der Waals surface area contributed by atoms with Gasteiger partial charge in [-0.05, 0) is 54.2 Å². The van der Waals surface area contributed by atoms with E-state index in [0.29, 0.717) is 5.69 Å². The van der Waals surface area contributed by atoms with Gasteiger partial charge in [0.2, 0.25) is 0 Å². The molecule has 3 aromatic heterocycles. The molecule has 5 rings (SSSR count). The summed E-state index contributed by atoms with van der Waals surface area (Å²) in [4.78, 5) is 43.0. The number of carboxylic acids is 1. The number of aryl methyl sites for hydroxylation is 3. The Kier molecular flexibility index (Phi) is 5.35. The number of carboxylic acid groups (broad SMARTS) is 1. The number of anilines is 2. The fourth-order valence-electron chi connectivity index (χ4n) is 4.95. The van der Waals surface area contributed by atoms with Crippen molar-refractivity contribution in [2.24, 2.45) is 14.1 Å². The number of pyridine rings is 2. The van der Waals surface area contributed by atoms with Gasteiger partial charge >= 0.3 is 11.7 Å². The fraction of sp³-hybridized carbons (Fsp3) is 0.308. The van der Waals surface area contributed by atoms with Gasteiger partial charge in [-0.1, -0.05) is 13.8 Å². The summed E-state index contributed by atoms with van der Waals surface area (Å²) in [5.74, 6) is -0.900. The first-order valence-electron chi connectivity index (χ1n) is 11.6. The van der Waals surface area contributed by atoms with Gasteiger partial charge in [0, 0.05) is 38.6 Å². The van der Waals surface area contributed by atoms with E-state index in [4.69, 9.17) is 5.11 Å². The maximum Gasteiger partial charge on any atom is 0.354 e. The second-order valence-corrected chi connectivity index (χ2v) is 9.31. The first-order valence-corrected chi connectivity index (χ1v) is 11.6. The molecule has 9 nitrogen and oxygen atoms in total. The Morgan fingerprint density at radius 1 is 1.06 bits per heavy atom. The summed E-state index contributed by atoms with van der Waals surface area (Å²) in [6, 6.07) is 8.76. The van der Waals surface area contributed by atoms with Crippen LogP contribution in [0.25, 0.3) is 16.7 Å². The van der Waals surface area contributed by atoms with Crippen LogP contribution in [0.5, 0.6) is 0 Å². The molecule has 4 aromatic rings. The lowest BCUT2D eigenvalue weighted by molar-refractivity contribution is 0.0690. The Labute approximate surface area is 201 Å². The predicted molar refractivity (Wildman–Crippen MR) is 134 cm³/mol. The summed E-state index contributed by atoms with van der Waals surface area (Å²) in [5.41, 5.74) is 5.86. The Hall–Kier alpha value is -4.14. The molecule has 0 saturated carbocycles. The van der Waals surface area contributed by atoms with E-state index in [-0.39, 0.29) is 22.9 Å². The van der Waals surface area contributed by atoms with E-state index in [2.05, 4.69) is 29.8 Å². The Morgan fingerprint density at radius 3 is 2.49 bits per heavy atom. The minimum absolute atomic E-state index is 0.0662. The van der Waals surface area contributed by atoms with E-state index >= 15 is 0 Å². The monoisotopic (exact) mass is 473 g/mol. The number of aromatic carboxylic acids is 1. The molecular weight excluding hydrogens is 446 g/mol. The van der Waals surface area contributed by atoms with E-state index in [1.807, 2.05) is 12.3 Å². The zero-order valence-electron chi connectivity index (χ0n) is 20.1. The van der Waals surface area contributed by atoms with Gasteiger partial charge in [0.05, 0.1) is 28.6 Å². The summed E-state index contributed by atoms with van der Waals surface area (Å²) >= 11 is 0. The van der Waals surface area contributed by atoms with E-state index in [9.17, 15) is 14.4 Å². The zero-order chi connectivity index (χ0) is 25.0. The molecule has 1 aliphatic heterocycles. The van der Waals surface area contributed by atoms with Crippen LogP contribution in [0.3, 0.4) is 0 Å². The van der Waals surface area contributed by atoms with Crippen molar-refractivity contribution in [2.45, 2.75) is 32.6 Å². The van der Waals surface area contributed by atoms with Gasteiger partial charge in [0.1, 0.15) is 5.69 Å². The Balaban J connectivity index is 1.64. The maximum absolute atomic E-state index is 13.1. The van der Waals surface area contributed by atoms with Crippen LogP contribution in [0.1, 0.15) is 47.8 Å². The van der Waals surface area contributed by atoms with Crippen LogP contribution >= 0.6 is 0 Å². The third-order valence-corrected chi connectivity index (χ3v) is 6.78. The summed E-state index contributed by atoms with van der Waals surface area (Å²) in [7, 11) is 3.58. The topological polar surface area (TPSA) is 102 Å². The maximum atomic E-state index is 13.1. The van der Waals surface area contributed by atoms with Gasteiger partial charge in [-0.2, -0.15) is 0 Å². The molecule has 1 aliphatic rings. The molecule has 0 spiro atoms. The van der Waals surface area contributed by atoms with Crippen LogP contribution in [-0.4, -0.2) is 36.3 Å². The van der Waals surface area contributed by atoms with Crippen LogP contribution in [0.15, 0.2) is 52.3 Å². The second kappa shape index (κ2) is 8.26. The molecule has 4 heterocycles. The van der Waals surface area contributed by atoms with Crippen molar-refractivity contribution < 1.29 is 9.90 Å². The van der Waals surface area contributed by atoms with Gasteiger partial charge < -0.3 is 10.0 Å². The number of imidazole rings is 1. The fourth-order valence-corrected chi connectivity index (χ4v) is 4.95. The number of fused-ring (bicyclic) bond motifs is 2. The highest BCUT2D eigenvalue weighted by Crippen LogP contribution is 2.37. The SMILES string of the molecule is CC(C)c1cc(N2CCCc3cn(-c4ccc(C(=O)O)nc4)c(=O)cc32)cc2c1n(C)c(=O)n2C. The summed E-state index contributed by atoms with van der Waals surface area (Å²) in [5, 5.41) is 9.09. The van der Waals surface area contributed by atoms with Crippen molar-refractivity contribution in [3.05, 3.63) is 80.4 Å². The van der Waals surface area contributed by atoms with E-state index in [1.54, 1.807) is 35.4 Å². The lowest BCUT2D eigenvalue weighted by atomic mass is 9.98. The normalized spacial score (nSPS) is 13.5. The number of hydrogen-bond donors (Lipinski definition) is 1. The lowest BCUT2D eigenvalue weighted by Gasteiger charge is -2.32. The molecular formula is C26H27N5O4. The molecule has 1 aromatic carbocycles. The molecule has 180 valence electrons. The van der Waals surface area contributed by atoms with Crippen LogP contribution in [0.2, 0.25) is 0 Å². The van der Waals surface area contributed by atoms with Crippen molar-refractivity contribution >= 4 is 28.4 Å². The zero-order valence-corrected chi connectivity index (χ0v) is 20.1. The van der Waals surface area contributed by atoms with Crippen LogP contribution in [0, 0.1) is 0 Å². The molecule has 0 bridgehead atoms. The third kappa shape index (κ3) is 3.63. The quantitative estimate of drug-likeness (QED) is 0.488. The van der Waals surface area contributed by atoms with Crippen molar-refractivity contribution in [3.8, 4) is 5.69 Å². The summed E-state index contributed by atoms with van der Waals surface area (Å²) in [6.45, 7) is 4.99. The standard InChI is InChI=1S/C26H27N5O4/c1-15(2)19-10-18(11-22-24(19)29(4)26(35)28(22)3)30-9-5-6-16-14-31(23(32)12-21(16)30)17-7-8-20(25(33)34)27-13-17/h7-8,10-15H,5-6,9H2,1-4H3,(H,33,34). The van der Waals surface area contributed by atoms with Crippen LogP contribution < -0.4 is 16.1 Å². The number of benzene rings is 1. The van der Waals surface area contributed by atoms with Crippen LogP contribution in [0.4, 0.5) is 11.4 Å². The number of hydrogen-bond acceptors (Lipinski definition) is 5. The highest BCUT2D eigenvalue weighted by atomic mass is 16.4. The van der Waals surface area contributed by atoms with Gasteiger partial charge in [0.25, 0.3) is 5.56 Å². The van der Waals surface area contributed by atoms with Crippen molar-refractivity contribution in [1.29, 1.82) is 0 Å². The van der Waals surface area contributed by atoms with E-state index in [0.717, 1.165) is 52.9 Å². The molecule has 1 N–H and O–H groups in total. The van der Waals surface area contributed by atoms with E-state index < -0.39 is 5.97 Å². The first-order chi connectivity index (χ1) is 16.7. The first kappa shape index (κ1) is 22.6. The Bertz CT molecular complexity index is 1590. The van der Waals surface area contributed by atoms with Gasteiger partial charge in [-0.15, -0.1) is 0 Å². The van der Waals surface area contributed by atoms with E-state index in [1.165, 1.54) is 16.8 Å². The van der Waals surface area contributed by atoms with Crippen molar-refractivity contribution in [3.63, 3.8) is 0 Å². The van der Waals surface area contributed by atoms with Gasteiger partial charge in [-0.3, -0.25) is 18.5 Å². The smallest absolute Gasteiger partial charge is 0.354 e. The number of nitrogens with zero attached hydrogens (tertiary/aromatic N) is 5. The molecule has 0 radical (unpaired) electrons.